The Balaban J connectivity index is 1.20. The molecule has 0 saturated heterocycles. The third-order valence-electron chi connectivity index (χ3n) is 4.59. The van der Waals surface area contributed by atoms with Gasteiger partial charge in [-0.3, -0.25) is 4.79 Å². The maximum atomic E-state index is 12.1. The van der Waals surface area contributed by atoms with Gasteiger partial charge in [0.25, 0.3) is 0 Å². The number of thioether (sulfide) groups is 2. The number of nitrogens with zero attached hydrogens (tertiary/aromatic N) is 3. The van der Waals surface area contributed by atoms with Crippen molar-refractivity contribution in [1.82, 2.24) is 20.1 Å². The summed E-state index contributed by atoms with van der Waals surface area (Å²) in [6.45, 7) is 2.77. The minimum atomic E-state index is 0.0674. The molecule has 26 heavy (non-hydrogen) atoms. The van der Waals surface area contributed by atoms with Crippen LogP contribution in [0.15, 0.2) is 34.3 Å². The van der Waals surface area contributed by atoms with Gasteiger partial charge in [-0.25, -0.2) is 0 Å². The standard InChI is InChI=1S/C19H24N4OS2/c1-13-2-8-16(9-3-13)25-11-10-20-17(24)12-26-19-22-21-18(14-4-5-14)23(19)15-6-7-15/h2-3,8-9,14-15H,4-7,10-12H2,1H3,(H,20,24). The Morgan fingerprint density at radius 3 is 2.62 bits per heavy atom. The second-order valence-electron chi connectivity index (χ2n) is 7.02. The van der Waals surface area contributed by atoms with Crippen molar-refractivity contribution in [3.8, 4) is 0 Å². The van der Waals surface area contributed by atoms with Crippen LogP contribution in [0.4, 0.5) is 0 Å². The molecule has 4 rings (SSSR count). The molecule has 2 fully saturated rings. The molecule has 0 radical (unpaired) electrons. The first-order chi connectivity index (χ1) is 12.7. The molecule has 138 valence electrons. The lowest BCUT2D eigenvalue weighted by atomic mass is 10.2. The lowest BCUT2D eigenvalue weighted by Gasteiger charge is -2.08. The van der Waals surface area contributed by atoms with E-state index in [2.05, 4.69) is 51.3 Å². The highest BCUT2D eigenvalue weighted by molar-refractivity contribution is 7.99. The van der Waals surface area contributed by atoms with E-state index >= 15 is 0 Å². The fourth-order valence-corrected chi connectivity index (χ4v) is 4.47. The van der Waals surface area contributed by atoms with E-state index in [4.69, 9.17) is 0 Å². The van der Waals surface area contributed by atoms with E-state index in [1.807, 2.05) is 0 Å². The minimum absolute atomic E-state index is 0.0674. The summed E-state index contributed by atoms with van der Waals surface area (Å²) in [5, 5.41) is 12.7. The number of amides is 1. The summed E-state index contributed by atoms with van der Waals surface area (Å²) < 4.78 is 2.29. The molecule has 0 bridgehead atoms. The Morgan fingerprint density at radius 1 is 1.15 bits per heavy atom. The zero-order valence-corrected chi connectivity index (χ0v) is 16.6. The first kappa shape index (κ1) is 17.9. The van der Waals surface area contributed by atoms with Crippen molar-refractivity contribution in [1.29, 1.82) is 0 Å². The molecule has 1 amide bonds. The molecule has 2 aliphatic rings. The molecule has 2 saturated carbocycles. The van der Waals surface area contributed by atoms with Crippen molar-refractivity contribution in [3.63, 3.8) is 0 Å². The molecule has 1 N–H and O–H groups in total. The maximum Gasteiger partial charge on any atom is 0.230 e. The minimum Gasteiger partial charge on any atom is -0.355 e. The Kier molecular flexibility index (Phi) is 5.55. The molecular weight excluding hydrogens is 364 g/mol. The molecule has 1 aromatic carbocycles. The predicted molar refractivity (Wildman–Crippen MR) is 106 cm³/mol. The summed E-state index contributed by atoms with van der Waals surface area (Å²) >= 11 is 3.28. The number of aromatic nitrogens is 3. The van der Waals surface area contributed by atoms with Crippen LogP contribution in [0.3, 0.4) is 0 Å². The molecule has 1 heterocycles. The van der Waals surface area contributed by atoms with Crippen molar-refractivity contribution < 1.29 is 4.79 Å². The Bertz CT molecular complexity index is 766. The first-order valence-corrected chi connectivity index (χ1v) is 11.2. The number of hydrogen-bond acceptors (Lipinski definition) is 5. The topological polar surface area (TPSA) is 59.8 Å². The van der Waals surface area contributed by atoms with E-state index in [1.165, 1.54) is 47.9 Å². The molecule has 7 heteroatoms. The normalized spacial score (nSPS) is 16.7. The molecule has 2 aliphatic carbocycles. The van der Waals surface area contributed by atoms with E-state index in [1.54, 1.807) is 11.8 Å². The van der Waals surface area contributed by atoms with Gasteiger partial charge in [0.2, 0.25) is 5.91 Å². The van der Waals surface area contributed by atoms with E-state index in [0.29, 0.717) is 24.3 Å². The van der Waals surface area contributed by atoms with Crippen molar-refractivity contribution >= 4 is 29.4 Å². The number of carbonyl (C=O) groups excluding carboxylic acids is 1. The fraction of sp³-hybridized carbons (Fsp3) is 0.526. The van der Waals surface area contributed by atoms with Crippen LogP contribution in [0.1, 0.15) is 49.0 Å². The molecular formula is C19H24N4OS2. The van der Waals surface area contributed by atoms with Gasteiger partial charge in [0.15, 0.2) is 5.16 Å². The van der Waals surface area contributed by atoms with Crippen LogP contribution in [-0.2, 0) is 4.79 Å². The summed E-state index contributed by atoms with van der Waals surface area (Å²) in [6.07, 6.45) is 4.89. The highest BCUT2D eigenvalue weighted by atomic mass is 32.2. The summed E-state index contributed by atoms with van der Waals surface area (Å²) in [5.41, 5.74) is 1.27. The zero-order valence-electron chi connectivity index (χ0n) is 15.0. The van der Waals surface area contributed by atoms with E-state index in [9.17, 15) is 4.79 Å². The van der Waals surface area contributed by atoms with Gasteiger partial charge >= 0.3 is 0 Å². The summed E-state index contributed by atoms with van der Waals surface area (Å²) in [6, 6.07) is 9.05. The van der Waals surface area contributed by atoms with Gasteiger partial charge in [-0.15, -0.1) is 22.0 Å². The largest absolute Gasteiger partial charge is 0.355 e. The van der Waals surface area contributed by atoms with Gasteiger partial charge in [0.05, 0.1) is 5.75 Å². The second kappa shape index (κ2) is 8.05. The van der Waals surface area contributed by atoms with Gasteiger partial charge in [-0.2, -0.15) is 0 Å². The Morgan fingerprint density at radius 2 is 1.92 bits per heavy atom. The lowest BCUT2D eigenvalue weighted by Crippen LogP contribution is -2.27. The van der Waals surface area contributed by atoms with Gasteiger partial charge < -0.3 is 9.88 Å². The maximum absolute atomic E-state index is 12.1. The summed E-state index contributed by atoms with van der Waals surface area (Å²) in [4.78, 5) is 13.4. The third kappa shape index (κ3) is 4.62. The summed E-state index contributed by atoms with van der Waals surface area (Å²) in [5.74, 6) is 3.10. The van der Waals surface area contributed by atoms with Crippen molar-refractivity contribution in [2.24, 2.45) is 0 Å². The highest BCUT2D eigenvalue weighted by Crippen LogP contribution is 2.45. The van der Waals surface area contributed by atoms with Gasteiger partial charge in [-0.05, 0) is 44.7 Å². The quantitative estimate of drug-likeness (QED) is 0.523. The monoisotopic (exact) mass is 388 g/mol. The number of carbonyl (C=O) groups is 1. The molecule has 2 aromatic rings. The Hall–Kier alpha value is -1.47. The van der Waals surface area contributed by atoms with E-state index in [-0.39, 0.29) is 5.91 Å². The molecule has 0 atom stereocenters. The van der Waals surface area contributed by atoms with Crippen LogP contribution in [-0.4, -0.2) is 38.7 Å². The van der Waals surface area contributed by atoms with Gasteiger partial charge in [0, 0.05) is 29.2 Å². The molecule has 0 spiro atoms. The number of nitrogens with one attached hydrogen (secondary N) is 1. The van der Waals surface area contributed by atoms with Crippen LogP contribution in [0.2, 0.25) is 0 Å². The average molecular weight is 389 g/mol. The van der Waals surface area contributed by atoms with Crippen molar-refractivity contribution in [2.45, 2.75) is 54.6 Å². The molecule has 0 unspecified atom stereocenters. The number of benzene rings is 1. The van der Waals surface area contributed by atoms with Crippen molar-refractivity contribution in [2.75, 3.05) is 18.1 Å². The SMILES string of the molecule is Cc1ccc(SCCNC(=O)CSc2nnc(C3CC3)n2C2CC2)cc1. The van der Waals surface area contributed by atoms with Crippen molar-refractivity contribution in [3.05, 3.63) is 35.7 Å². The van der Waals surface area contributed by atoms with E-state index in [0.717, 1.165) is 16.7 Å². The van der Waals surface area contributed by atoms with Gasteiger partial charge in [-0.1, -0.05) is 29.5 Å². The number of rotatable bonds is 9. The molecule has 5 nitrogen and oxygen atoms in total. The number of aryl methyl sites for hydroxylation is 1. The lowest BCUT2D eigenvalue weighted by molar-refractivity contribution is -0.118. The van der Waals surface area contributed by atoms with Crippen LogP contribution >= 0.6 is 23.5 Å². The van der Waals surface area contributed by atoms with Crippen LogP contribution in [0.25, 0.3) is 0 Å². The highest BCUT2D eigenvalue weighted by Gasteiger charge is 2.36. The fourth-order valence-electron chi connectivity index (χ4n) is 2.86. The van der Waals surface area contributed by atoms with Crippen LogP contribution in [0, 0.1) is 6.92 Å². The van der Waals surface area contributed by atoms with E-state index < -0.39 is 0 Å². The third-order valence-corrected chi connectivity index (χ3v) is 6.55. The second-order valence-corrected chi connectivity index (χ2v) is 9.13. The van der Waals surface area contributed by atoms with Crippen LogP contribution < -0.4 is 5.32 Å². The number of hydrogen-bond donors (Lipinski definition) is 1. The zero-order chi connectivity index (χ0) is 17.9. The van der Waals surface area contributed by atoms with Gasteiger partial charge in [0.1, 0.15) is 5.82 Å². The smallest absolute Gasteiger partial charge is 0.230 e. The Labute approximate surface area is 162 Å². The van der Waals surface area contributed by atoms with Crippen LogP contribution in [0.5, 0.6) is 0 Å². The molecule has 0 aliphatic heterocycles. The summed E-state index contributed by atoms with van der Waals surface area (Å²) in [7, 11) is 0. The molecule has 1 aromatic heterocycles. The first-order valence-electron chi connectivity index (χ1n) is 9.24. The average Bonchev–Trinajstić information content (AvgIpc) is 3.57. The predicted octanol–water partition coefficient (Wildman–Crippen LogP) is 3.80.